The summed E-state index contributed by atoms with van der Waals surface area (Å²) in [6.45, 7) is 1.78. The van der Waals surface area contributed by atoms with Gasteiger partial charge in [-0.25, -0.2) is 8.78 Å². The topological polar surface area (TPSA) is 0 Å². The van der Waals surface area contributed by atoms with Gasteiger partial charge in [-0.15, -0.1) is 0 Å². The van der Waals surface area contributed by atoms with Gasteiger partial charge < -0.3 is 0 Å². The number of hydrogen-bond acceptors (Lipinski definition) is 0. The molecule has 0 heterocycles. The summed E-state index contributed by atoms with van der Waals surface area (Å²) < 4.78 is 24.9. The highest BCUT2D eigenvalue weighted by atomic mass is 19.1. The fraction of sp³-hybridized carbons (Fsp3) is 0.250. The molecule has 1 aromatic carbocycles. The molecule has 2 heteroatoms. The van der Waals surface area contributed by atoms with Crippen molar-refractivity contribution in [1.29, 1.82) is 0 Å². The Morgan fingerprint density at radius 2 is 2.20 bits per heavy atom. The highest BCUT2D eigenvalue weighted by molar-refractivity contribution is 5.17. The fourth-order valence-electron chi connectivity index (χ4n) is 0.760. The Labute approximate surface area is 58.5 Å². The molecule has 0 aliphatic rings. The summed E-state index contributed by atoms with van der Waals surface area (Å²) in [5, 5.41) is 0. The molecule has 0 aliphatic heterocycles. The van der Waals surface area contributed by atoms with Gasteiger partial charge in [0.2, 0.25) is 0 Å². The smallest absolute Gasteiger partial charge is 0.131 e. The SMILES string of the molecule is CCc1cc(F)[c]cc1F. The number of aryl methyl sites for hydroxylation is 1. The zero-order chi connectivity index (χ0) is 7.56. The van der Waals surface area contributed by atoms with Crippen molar-refractivity contribution >= 4 is 0 Å². The molecule has 0 fully saturated rings. The second-order valence-corrected chi connectivity index (χ2v) is 2.01. The van der Waals surface area contributed by atoms with Crippen LogP contribution in [0.15, 0.2) is 12.1 Å². The molecule has 1 radical (unpaired) electrons. The van der Waals surface area contributed by atoms with Crippen LogP contribution in [-0.4, -0.2) is 0 Å². The van der Waals surface area contributed by atoms with Gasteiger partial charge in [-0.3, -0.25) is 0 Å². The molecule has 0 spiro atoms. The standard InChI is InChI=1S/C8H7F2/c1-2-6-5-7(9)3-4-8(6)10/h4-5H,2H2,1H3. The van der Waals surface area contributed by atoms with Crippen molar-refractivity contribution in [2.45, 2.75) is 13.3 Å². The Morgan fingerprint density at radius 1 is 1.50 bits per heavy atom. The molecule has 0 aromatic heterocycles. The molecule has 0 N–H and O–H groups in total. The van der Waals surface area contributed by atoms with Crippen molar-refractivity contribution in [3.63, 3.8) is 0 Å². The van der Waals surface area contributed by atoms with E-state index in [-0.39, 0.29) is 5.82 Å². The second-order valence-electron chi connectivity index (χ2n) is 2.01. The van der Waals surface area contributed by atoms with Crippen molar-refractivity contribution < 1.29 is 8.78 Å². The lowest BCUT2D eigenvalue weighted by Gasteiger charge is -1.96. The van der Waals surface area contributed by atoms with E-state index >= 15 is 0 Å². The summed E-state index contributed by atoms with van der Waals surface area (Å²) in [6, 6.07) is 4.32. The van der Waals surface area contributed by atoms with Gasteiger partial charge in [0.05, 0.1) is 0 Å². The van der Waals surface area contributed by atoms with E-state index in [1.54, 1.807) is 6.92 Å². The van der Waals surface area contributed by atoms with Crippen LogP contribution in [0.5, 0.6) is 0 Å². The molecule has 0 nitrogen and oxygen atoms in total. The third kappa shape index (κ3) is 1.32. The van der Waals surface area contributed by atoms with E-state index in [2.05, 4.69) is 6.07 Å². The van der Waals surface area contributed by atoms with Gasteiger partial charge in [0.1, 0.15) is 11.6 Å². The number of halogens is 2. The summed E-state index contributed by atoms with van der Waals surface area (Å²) in [6.07, 6.45) is 0.511. The maximum absolute atomic E-state index is 12.6. The fourth-order valence-corrected chi connectivity index (χ4v) is 0.760. The molecule has 0 amide bonds. The second kappa shape index (κ2) is 2.78. The lowest BCUT2D eigenvalue weighted by Crippen LogP contribution is -1.88. The highest BCUT2D eigenvalue weighted by Gasteiger charge is 1.99. The van der Waals surface area contributed by atoms with Gasteiger partial charge >= 0.3 is 0 Å². The van der Waals surface area contributed by atoms with E-state index in [1.165, 1.54) is 0 Å². The van der Waals surface area contributed by atoms with Gasteiger partial charge in [-0.05, 0) is 24.1 Å². The average molecular weight is 141 g/mol. The average Bonchev–Trinajstić information content (AvgIpc) is 1.94. The van der Waals surface area contributed by atoms with Crippen molar-refractivity contribution in [3.05, 3.63) is 35.4 Å². The summed E-state index contributed by atoms with van der Waals surface area (Å²) in [5.41, 5.74) is 0.399. The molecule has 1 aromatic rings. The molecular weight excluding hydrogens is 134 g/mol. The Kier molecular flexibility index (Phi) is 2.00. The van der Waals surface area contributed by atoms with Crippen LogP contribution in [0.1, 0.15) is 12.5 Å². The van der Waals surface area contributed by atoms with Crippen molar-refractivity contribution in [2.24, 2.45) is 0 Å². The Bertz CT molecular complexity index is 231. The normalized spacial score (nSPS) is 9.90. The Balaban J connectivity index is 3.09. The summed E-state index contributed by atoms with van der Waals surface area (Å²) in [4.78, 5) is 0. The Morgan fingerprint density at radius 3 is 2.70 bits per heavy atom. The van der Waals surface area contributed by atoms with Crippen molar-refractivity contribution in [3.8, 4) is 0 Å². The molecule has 0 saturated heterocycles. The van der Waals surface area contributed by atoms with Crippen LogP contribution >= 0.6 is 0 Å². The first kappa shape index (κ1) is 7.19. The molecule has 1 rings (SSSR count). The lowest BCUT2D eigenvalue weighted by molar-refractivity contribution is 0.585. The minimum Gasteiger partial charge on any atom is -0.207 e. The molecular formula is C8H7F2. The molecule has 0 saturated carbocycles. The molecule has 10 heavy (non-hydrogen) atoms. The van der Waals surface area contributed by atoms with Gasteiger partial charge in [-0.1, -0.05) is 6.92 Å². The minimum absolute atomic E-state index is 0.385. The molecule has 0 atom stereocenters. The van der Waals surface area contributed by atoms with E-state index in [0.29, 0.717) is 12.0 Å². The quantitative estimate of drug-likeness (QED) is 0.563. The number of benzene rings is 1. The first-order valence-electron chi connectivity index (χ1n) is 3.09. The van der Waals surface area contributed by atoms with Gasteiger partial charge in [0.25, 0.3) is 0 Å². The maximum atomic E-state index is 12.6. The van der Waals surface area contributed by atoms with Gasteiger partial charge in [0.15, 0.2) is 0 Å². The van der Waals surface area contributed by atoms with E-state index in [9.17, 15) is 8.78 Å². The summed E-state index contributed by atoms with van der Waals surface area (Å²) in [5.74, 6) is -0.887. The molecule has 53 valence electrons. The minimum atomic E-state index is -0.502. The van der Waals surface area contributed by atoms with Crippen LogP contribution in [0, 0.1) is 17.7 Å². The van der Waals surface area contributed by atoms with Crippen LogP contribution in [0.4, 0.5) is 8.78 Å². The van der Waals surface area contributed by atoms with E-state index in [0.717, 1.165) is 12.1 Å². The van der Waals surface area contributed by atoms with Crippen molar-refractivity contribution in [1.82, 2.24) is 0 Å². The highest BCUT2D eigenvalue weighted by Crippen LogP contribution is 2.08. The van der Waals surface area contributed by atoms with Crippen LogP contribution in [0.25, 0.3) is 0 Å². The maximum Gasteiger partial charge on any atom is 0.131 e. The molecule has 0 unspecified atom stereocenters. The molecule has 0 aliphatic carbocycles. The van der Waals surface area contributed by atoms with Gasteiger partial charge in [-0.2, -0.15) is 0 Å². The zero-order valence-corrected chi connectivity index (χ0v) is 5.62. The van der Waals surface area contributed by atoms with Crippen molar-refractivity contribution in [2.75, 3.05) is 0 Å². The zero-order valence-electron chi connectivity index (χ0n) is 5.62. The monoisotopic (exact) mass is 141 g/mol. The van der Waals surface area contributed by atoms with E-state index in [1.807, 2.05) is 0 Å². The Hall–Kier alpha value is -0.920. The first-order chi connectivity index (χ1) is 4.74. The van der Waals surface area contributed by atoms with Gasteiger partial charge in [0, 0.05) is 6.07 Å². The third-order valence-electron chi connectivity index (χ3n) is 1.33. The number of rotatable bonds is 1. The van der Waals surface area contributed by atoms with Crippen LogP contribution in [0.3, 0.4) is 0 Å². The molecule has 0 bridgehead atoms. The largest absolute Gasteiger partial charge is 0.207 e. The lowest BCUT2D eigenvalue weighted by atomic mass is 10.1. The van der Waals surface area contributed by atoms with Crippen LogP contribution in [-0.2, 0) is 6.42 Å². The first-order valence-corrected chi connectivity index (χ1v) is 3.09. The predicted molar refractivity (Wildman–Crippen MR) is 34.6 cm³/mol. The predicted octanol–water partition coefficient (Wildman–Crippen LogP) is 2.33. The third-order valence-corrected chi connectivity index (χ3v) is 1.33. The van der Waals surface area contributed by atoms with E-state index < -0.39 is 5.82 Å². The van der Waals surface area contributed by atoms with Crippen LogP contribution in [0.2, 0.25) is 0 Å². The summed E-state index contributed by atoms with van der Waals surface area (Å²) >= 11 is 0. The number of hydrogen-bond donors (Lipinski definition) is 0. The summed E-state index contributed by atoms with van der Waals surface area (Å²) in [7, 11) is 0. The van der Waals surface area contributed by atoms with Crippen LogP contribution < -0.4 is 0 Å². The van der Waals surface area contributed by atoms with E-state index in [4.69, 9.17) is 0 Å².